The number of aliphatic carboxylic acids is 1. The second-order valence-corrected chi connectivity index (χ2v) is 8.87. The molecule has 0 amide bonds. The van der Waals surface area contributed by atoms with Gasteiger partial charge in [-0.05, 0) is 31.4 Å². The first-order valence-corrected chi connectivity index (χ1v) is 8.84. The van der Waals surface area contributed by atoms with E-state index in [4.69, 9.17) is 5.11 Å². The van der Waals surface area contributed by atoms with Gasteiger partial charge in [-0.15, -0.1) is 11.3 Å². The first kappa shape index (κ1) is 18.1. The molecular formula is C13H21NO5S2. The molecule has 0 bridgehead atoms. The van der Waals surface area contributed by atoms with Crippen LogP contribution in [0, 0.1) is 5.92 Å². The van der Waals surface area contributed by atoms with Gasteiger partial charge in [-0.3, -0.25) is 4.79 Å². The van der Waals surface area contributed by atoms with Gasteiger partial charge in [0.2, 0.25) is 10.0 Å². The molecule has 1 rings (SSSR count). The summed E-state index contributed by atoms with van der Waals surface area (Å²) in [4.78, 5) is 11.1. The molecule has 0 radical (unpaired) electrons. The van der Waals surface area contributed by atoms with E-state index < -0.39 is 21.6 Å². The number of carbonyl (C=O) groups is 1. The number of rotatable bonds is 8. The predicted molar refractivity (Wildman–Crippen MR) is 80.9 cm³/mol. The summed E-state index contributed by atoms with van der Waals surface area (Å²) in [5.41, 5.74) is -1.12. The average molecular weight is 335 g/mol. The largest absolute Gasteiger partial charge is 0.481 e. The van der Waals surface area contributed by atoms with Crippen LogP contribution in [0.4, 0.5) is 0 Å². The zero-order chi connectivity index (χ0) is 16.3. The molecule has 0 aliphatic carbocycles. The smallest absolute Gasteiger partial charge is 0.308 e. The molecule has 8 heteroatoms. The summed E-state index contributed by atoms with van der Waals surface area (Å²) in [5.74, 6) is -0.762. The molecule has 0 aliphatic heterocycles. The molecule has 6 nitrogen and oxygen atoms in total. The van der Waals surface area contributed by atoms with Crippen molar-refractivity contribution >= 4 is 27.3 Å². The summed E-state index contributed by atoms with van der Waals surface area (Å²) in [6.45, 7) is 5.39. The molecule has 0 saturated carbocycles. The highest BCUT2D eigenvalue weighted by Gasteiger charge is 2.26. The van der Waals surface area contributed by atoms with Crippen LogP contribution in [0.15, 0.2) is 16.3 Å². The minimum atomic E-state index is -3.73. The Hall–Kier alpha value is -0.960. The maximum atomic E-state index is 12.1. The third-order valence-corrected chi connectivity index (χ3v) is 5.70. The lowest BCUT2D eigenvalue weighted by atomic mass is 9.95. The van der Waals surface area contributed by atoms with Gasteiger partial charge in [0.25, 0.3) is 0 Å². The molecule has 1 heterocycles. The van der Waals surface area contributed by atoms with Crippen LogP contribution in [0.2, 0.25) is 0 Å². The van der Waals surface area contributed by atoms with Crippen molar-refractivity contribution in [1.82, 2.24) is 4.72 Å². The normalized spacial score (nSPS) is 15.1. The number of hydrogen-bond donors (Lipinski definition) is 3. The Morgan fingerprint density at radius 1 is 1.43 bits per heavy atom. The number of sulfonamides is 1. The lowest BCUT2D eigenvalue weighted by Crippen LogP contribution is -2.41. The van der Waals surface area contributed by atoms with Crippen LogP contribution < -0.4 is 4.72 Å². The number of carboxylic acids is 1. The highest BCUT2D eigenvalue weighted by atomic mass is 32.2. The minimum absolute atomic E-state index is 0.0547. The second-order valence-electron chi connectivity index (χ2n) is 5.71. The van der Waals surface area contributed by atoms with Crippen LogP contribution in [-0.2, 0) is 21.2 Å². The van der Waals surface area contributed by atoms with Gasteiger partial charge >= 0.3 is 5.97 Å². The van der Waals surface area contributed by atoms with E-state index in [2.05, 4.69) is 4.72 Å². The third kappa shape index (κ3) is 6.13. The molecule has 1 aromatic heterocycles. The molecule has 0 aromatic carbocycles. The number of aliphatic hydroxyl groups is 1. The van der Waals surface area contributed by atoms with Crippen LogP contribution in [0.1, 0.15) is 32.1 Å². The zero-order valence-electron chi connectivity index (χ0n) is 12.3. The van der Waals surface area contributed by atoms with E-state index in [0.29, 0.717) is 11.3 Å². The van der Waals surface area contributed by atoms with Crippen LogP contribution in [0.25, 0.3) is 0 Å². The number of carboxylic acid groups (broad SMARTS) is 1. The van der Waals surface area contributed by atoms with Crippen molar-refractivity contribution in [2.75, 3.05) is 6.54 Å². The Morgan fingerprint density at radius 3 is 2.57 bits per heavy atom. The lowest BCUT2D eigenvalue weighted by molar-refractivity contribution is -0.136. The second kappa shape index (κ2) is 6.87. The van der Waals surface area contributed by atoms with E-state index in [9.17, 15) is 18.3 Å². The zero-order valence-corrected chi connectivity index (χ0v) is 13.9. The van der Waals surface area contributed by atoms with Gasteiger partial charge in [-0.25, -0.2) is 13.1 Å². The monoisotopic (exact) mass is 335 g/mol. The Morgan fingerprint density at radius 2 is 2.05 bits per heavy atom. The Labute approximate surface area is 128 Å². The quantitative estimate of drug-likeness (QED) is 0.667. The summed E-state index contributed by atoms with van der Waals surface area (Å²) < 4.78 is 26.6. The molecule has 1 atom stereocenters. The number of hydrogen-bond acceptors (Lipinski definition) is 5. The van der Waals surface area contributed by atoms with Gasteiger partial charge in [-0.2, -0.15) is 0 Å². The highest BCUT2D eigenvalue weighted by Crippen LogP contribution is 2.23. The van der Waals surface area contributed by atoms with Crippen molar-refractivity contribution in [1.29, 1.82) is 0 Å². The maximum absolute atomic E-state index is 12.1. The molecular weight excluding hydrogens is 314 g/mol. The fourth-order valence-corrected chi connectivity index (χ4v) is 4.57. The van der Waals surface area contributed by atoms with E-state index in [0.717, 1.165) is 11.3 Å². The Kier molecular flexibility index (Phi) is 5.92. The van der Waals surface area contributed by atoms with E-state index in [1.165, 1.54) is 12.1 Å². The molecule has 0 fully saturated rings. The van der Waals surface area contributed by atoms with Gasteiger partial charge in [0.15, 0.2) is 0 Å². The highest BCUT2D eigenvalue weighted by molar-refractivity contribution is 7.91. The molecule has 0 spiro atoms. The van der Waals surface area contributed by atoms with Gasteiger partial charge in [0.05, 0.1) is 12.0 Å². The molecule has 0 saturated heterocycles. The summed E-state index contributed by atoms with van der Waals surface area (Å²) in [7, 11) is -3.73. The first-order chi connectivity index (χ1) is 9.52. The van der Waals surface area contributed by atoms with E-state index in [-0.39, 0.29) is 23.1 Å². The van der Waals surface area contributed by atoms with Crippen molar-refractivity contribution in [3.05, 3.63) is 17.0 Å². The van der Waals surface area contributed by atoms with Crippen molar-refractivity contribution in [3.63, 3.8) is 0 Å². The molecule has 1 unspecified atom stereocenters. The maximum Gasteiger partial charge on any atom is 0.308 e. The van der Waals surface area contributed by atoms with Crippen LogP contribution >= 0.6 is 11.3 Å². The van der Waals surface area contributed by atoms with Crippen molar-refractivity contribution in [3.8, 4) is 0 Å². The van der Waals surface area contributed by atoms with Crippen LogP contribution in [0.5, 0.6) is 0 Å². The Balaban J connectivity index is 2.73. The SMILES string of the molecule is CC(C)CC(C)(O)CNS(=O)(=O)c1ccc(CC(=O)O)s1. The van der Waals surface area contributed by atoms with E-state index in [1.54, 1.807) is 6.92 Å². The van der Waals surface area contributed by atoms with Gasteiger partial charge in [0, 0.05) is 11.4 Å². The van der Waals surface area contributed by atoms with Gasteiger partial charge in [0.1, 0.15) is 4.21 Å². The number of thiophene rings is 1. The Bertz CT molecular complexity index is 589. The average Bonchev–Trinajstić information content (AvgIpc) is 2.73. The summed E-state index contributed by atoms with van der Waals surface area (Å²) >= 11 is 0.920. The van der Waals surface area contributed by atoms with Gasteiger partial charge < -0.3 is 10.2 Å². The van der Waals surface area contributed by atoms with Crippen molar-refractivity contribution in [2.24, 2.45) is 5.92 Å². The minimum Gasteiger partial charge on any atom is -0.481 e. The van der Waals surface area contributed by atoms with Crippen molar-refractivity contribution < 1.29 is 23.4 Å². The molecule has 120 valence electrons. The summed E-state index contributed by atoms with van der Waals surface area (Å²) in [6.07, 6.45) is 0.273. The summed E-state index contributed by atoms with van der Waals surface area (Å²) in [6, 6.07) is 2.86. The van der Waals surface area contributed by atoms with Crippen LogP contribution in [-0.4, -0.2) is 36.7 Å². The van der Waals surface area contributed by atoms with Crippen molar-refractivity contribution in [2.45, 2.75) is 43.4 Å². The fourth-order valence-electron chi connectivity index (χ4n) is 2.02. The first-order valence-electron chi connectivity index (χ1n) is 6.54. The summed E-state index contributed by atoms with van der Waals surface area (Å²) in [5, 5.41) is 18.8. The van der Waals surface area contributed by atoms with Crippen LogP contribution in [0.3, 0.4) is 0 Å². The molecule has 3 N–H and O–H groups in total. The lowest BCUT2D eigenvalue weighted by Gasteiger charge is -2.25. The molecule has 21 heavy (non-hydrogen) atoms. The topological polar surface area (TPSA) is 104 Å². The predicted octanol–water partition coefficient (Wildman–Crippen LogP) is 1.45. The fraction of sp³-hybridized carbons (Fsp3) is 0.615. The van der Waals surface area contributed by atoms with E-state index >= 15 is 0 Å². The molecule has 1 aromatic rings. The van der Waals surface area contributed by atoms with E-state index in [1.807, 2.05) is 13.8 Å². The number of nitrogens with one attached hydrogen (secondary N) is 1. The van der Waals surface area contributed by atoms with Gasteiger partial charge in [-0.1, -0.05) is 13.8 Å². The molecule has 0 aliphatic rings. The third-order valence-electron chi connectivity index (χ3n) is 2.72. The standard InChI is InChI=1S/C13H21NO5S2/c1-9(2)7-13(3,17)8-14-21(18,19)12-5-4-10(20-12)6-11(15)16/h4-5,9,14,17H,6-8H2,1-3H3,(H,15,16).